The molecule has 0 aliphatic carbocycles. The van der Waals surface area contributed by atoms with E-state index in [1.54, 1.807) is 0 Å². The molecule has 4 nitrogen and oxygen atoms in total. The summed E-state index contributed by atoms with van der Waals surface area (Å²) in [5, 5.41) is 0.752. The van der Waals surface area contributed by atoms with Crippen LogP contribution in [0.4, 0.5) is 5.82 Å². The Kier molecular flexibility index (Phi) is 1.55. The van der Waals surface area contributed by atoms with Crippen molar-refractivity contribution in [3.05, 3.63) is 12.0 Å². The number of anilines is 1. The van der Waals surface area contributed by atoms with E-state index in [0.29, 0.717) is 11.3 Å². The third-order valence-electron chi connectivity index (χ3n) is 2.34. The van der Waals surface area contributed by atoms with Crippen molar-refractivity contribution in [1.29, 1.82) is 0 Å². The van der Waals surface area contributed by atoms with Gasteiger partial charge in [0.15, 0.2) is 0 Å². The topological polar surface area (TPSA) is 56.7 Å². The van der Waals surface area contributed by atoms with E-state index in [0.717, 1.165) is 16.7 Å². The summed E-state index contributed by atoms with van der Waals surface area (Å²) in [6, 6.07) is 0. The number of rotatable bonds is 0. The van der Waals surface area contributed by atoms with Crippen molar-refractivity contribution in [3.63, 3.8) is 0 Å². The van der Waals surface area contributed by atoms with Gasteiger partial charge in [-0.1, -0.05) is 5.46 Å². The molecule has 2 rings (SSSR count). The van der Waals surface area contributed by atoms with E-state index in [4.69, 9.17) is 13.6 Å². The predicted octanol–water partition coefficient (Wildman–Crippen LogP) is -0.347. The highest BCUT2D eigenvalue weighted by molar-refractivity contribution is 6.40. The summed E-state index contributed by atoms with van der Waals surface area (Å²) in [5.74, 6) is 0.436. The van der Waals surface area contributed by atoms with Gasteiger partial charge in [0.1, 0.15) is 25.6 Å². The van der Waals surface area contributed by atoms with Crippen molar-refractivity contribution in [1.82, 2.24) is 14.5 Å². The normalized spacial score (nSPS) is 10.9. The first-order valence-electron chi connectivity index (χ1n) is 3.94. The summed E-state index contributed by atoms with van der Waals surface area (Å²) >= 11 is 0. The third kappa shape index (κ3) is 0.930. The maximum absolute atomic E-state index is 5.86. The fourth-order valence-corrected chi connectivity index (χ4v) is 1.42. The van der Waals surface area contributed by atoms with Crippen LogP contribution in [0.15, 0.2) is 6.33 Å². The van der Waals surface area contributed by atoms with E-state index < -0.39 is 0 Å². The first kappa shape index (κ1) is 8.10. The molecule has 0 saturated carbocycles. The monoisotopic (exact) mass is 172 g/mol. The van der Waals surface area contributed by atoms with Crippen LogP contribution < -0.4 is 11.2 Å². The zero-order valence-electron chi connectivity index (χ0n) is 7.57. The number of aromatic nitrogens is 3. The summed E-state index contributed by atoms with van der Waals surface area (Å²) in [5.41, 5.74) is 8.10. The minimum Gasteiger partial charge on any atom is -0.383 e. The molecule has 2 aromatic heterocycles. The molecule has 2 heterocycles. The van der Waals surface area contributed by atoms with E-state index in [1.165, 1.54) is 6.33 Å². The number of nitrogen functional groups attached to an aromatic ring is 1. The molecule has 0 saturated heterocycles. The van der Waals surface area contributed by atoms with Crippen molar-refractivity contribution in [2.45, 2.75) is 6.92 Å². The fraction of sp³-hybridized carbons (Fsp3) is 0.250. The van der Waals surface area contributed by atoms with Gasteiger partial charge in [0.05, 0.1) is 5.39 Å². The smallest absolute Gasteiger partial charge is 0.144 e. The van der Waals surface area contributed by atoms with Crippen LogP contribution >= 0.6 is 0 Å². The highest BCUT2D eigenvalue weighted by atomic mass is 15.0. The molecule has 0 bridgehead atoms. The van der Waals surface area contributed by atoms with Crippen LogP contribution in [0.1, 0.15) is 5.69 Å². The largest absolute Gasteiger partial charge is 0.383 e. The molecule has 0 spiro atoms. The molecule has 5 heteroatoms. The van der Waals surface area contributed by atoms with E-state index in [9.17, 15) is 0 Å². The van der Waals surface area contributed by atoms with Crippen LogP contribution in [0, 0.1) is 6.92 Å². The van der Waals surface area contributed by atoms with Crippen molar-refractivity contribution in [3.8, 4) is 0 Å². The predicted molar refractivity (Wildman–Crippen MR) is 53.0 cm³/mol. The van der Waals surface area contributed by atoms with Gasteiger partial charge in [-0.15, -0.1) is 0 Å². The third-order valence-corrected chi connectivity index (χ3v) is 2.34. The number of fused-ring (bicyclic) bond motifs is 1. The number of hydrogen-bond acceptors (Lipinski definition) is 3. The Morgan fingerprint density at radius 1 is 1.46 bits per heavy atom. The lowest BCUT2D eigenvalue weighted by Gasteiger charge is -1.97. The molecule has 13 heavy (non-hydrogen) atoms. The molecule has 2 aromatic rings. The van der Waals surface area contributed by atoms with Gasteiger partial charge in [-0.25, -0.2) is 9.97 Å². The summed E-state index contributed by atoms with van der Waals surface area (Å²) < 4.78 is 1.91. The lowest BCUT2D eigenvalue weighted by atomic mass is 9.93. The van der Waals surface area contributed by atoms with Crippen molar-refractivity contribution in [2.24, 2.45) is 7.05 Å². The van der Waals surface area contributed by atoms with Crippen LogP contribution in [0.2, 0.25) is 0 Å². The number of aryl methyl sites for hydroxylation is 1. The highest BCUT2D eigenvalue weighted by Gasteiger charge is 2.11. The molecule has 0 fully saturated rings. The van der Waals surface area contributed by atoms with E-state index in [1.807, 2.05) is 18.5 Å². The molecule has 2 N–H and O–H groups in total. The van der Waals surface area contributed by atoms with E-state index in [-0.39, 0.29) is 0 Å². The van der Waals surface area contributed by atoms with Gasteiger partial charge in [0.2, 0.25) is 0 Å². The maximum Gasteiger partial charge on any atom is 0.144 e. The average molecular weight is 172 g/mol. The summed E-state index contributed by atoms with van der Waals surface area (Å²) in [7, 11) is 7.76. The maximum atomic E-state index is 5.86. The van der Waals surface area contributed by atoms with Crippen LogP contribution in [0.25, 0.3) is 11.0 Å². The van der Waals surface area contributed by atoms with E-state index in [2.05, 4.69) is 9.97 Å². The Labute approximate surface area is 77.2 Å². The molecular formula is C8H9BN4. The van der Waals surface area contributed by atoms with Gasteiger partial charge < -0.3 is 10.3 Å². The Hall–Kier alpha value is -1.52. The molecule has 0 amide bonds. The van der Waals surface area contributed by atoms with Crippen molar-refractivity contribution in [2.75, 3.05) is 5.73 Å². The van der Waals surface area contributed by atoms with Crippen LogP contribution in [-0.2, 0) is 7.05 Å². The second-order valence-corrected chi connectivity index (χ2v) is 3.02. The van der Waals surface area contributed by atoms with Gasteiger partial charge in [-0.2, -0.15) is 0 Å². The molecule has 2 radical (unpaired) electrons. The molecule has 64 valence electrons. The Morgan fingerprint density at radius 3 is 2.77 bits per heavy atom. The van der Waals surface area contributed by atoms with Crippen LogP contribution in [0.5, 0.6) is 0 Å². The second kappa shape index (κ2) is 2.48. The lowest BCUT2D eigenvalue weighted by Crippen LogP contribution is -2.07. The Bertz CT molecular complexity index is 474. The van der Waals surface area contributed by atoms with Crippen LogP contribution in [-0.4, -0.2) is 22.4 Å². The van der Waals surface area contributed by atoms with Crippen LogP contribution in [0.3, 0.4) is 0 Å². The van der Waals surface area contributed by atoms with Crippen molar-refractivity contribution < 1.29 is 0 Å². The Balaban J connectivity index is 3.03. The van der Waals surface area contributed by atoms with Gasteiger partial charge in [-0.3, -0.25) is 0 Å². The Morgan fingerprint density at radius 2 is 2.15 bits per heavy atom. The summed E-state index contributed by atoms with van der Waals surface area (Å²) in [6.45, 7) is 1.93. The SMILES string of the molecule is [B]c1c(C)n(C)c2ncnc(N)c12. The first-order valence-corrected chi connectivity index (χ1v) is 3.94. The minimum atomic E-state index is 0.436. The van der Waals surface area contributed by atoms with Gasteiger partial charge in [0.25, 0.3) is 0 Å². The molecule has 0 aromatic carbocycles. The number of nitrogens with two attached hydrogens (primary N) is 1. The lowest BCUT2D eigenvalue weighted by molar-refractivity contribution is 0.903. The summed E-state index contributed by atoms with van der Waals surface area (Å²) in [6.07, 6.45) is 1.44. The zero-order valence-corrected chi connectivity index (χ0v) is 7.57. The van der Waals surface area contributed by atoms with E-state index >= 15 is 0 Å². The average Bonchev–Trinajstić information content (AvgIpc) is 2.33. The first-order chi connectivity index (χ1) is 6.13. The second-order valence-electron chi connectivity index (χ2n) is 3.02. The van der Waals surface area contributed by atoms with Gasteiger partial charge in [-0.05, 0) is 6.92 Å². The fourth-order valence-electron chi connectivity index (χ4n) is 1.42. The molecule has 0 aliphatic rings. The zero-order chi connectivity index (χ0) is 9.59. The quantitative estimate of drug-likeness (QED) is 0.552. The van der Waals surface area contributed by atoms with Gasteiger partial charge >= 0.3 is 0 Å². The molecular weight excluding hydrogens is 163 g/mol. The number of hydrogen-bond donors (Lipinski definition) is 1. The summed E-state index contributed by atoms with van der Waals surface area (Å²) in [4.78, 5) is 8.01. The minimum absolute atomic E-state index is 0.436. The molecule has 0 atom stereocenters. The van der Waals surface area contributed by atoms with Gasteiger partial charge in [0, 0.05) is 12.7 Å². The van der Waals surface area contributed by atoms with Crippen molar-refractivity contribution >= 4 is 30.2 Å². The molecule has 0 unspecified atom stereocenters. The molecule has 0 aliphatic heterocycles. The number of nitrogens with zero attached hydrogens (tertiary/aromatic N) is 3. The highest BCUT2D eigenvalue weighted by Crippen LogP contribution is 2.16. The standard InChI is InChI=1S/C8H9BN4/c1-4-6(9)5-7(10)11-3-12-8(5)13(4)2/h3H,1-2H3,(H2,10,11,12).